The van der Waals surface area contributed by atoms with E-state index in [4.69, 9.17) is 0 Å². The summed E-state index contributed by atoms with van der Waals surface area (Å²) in [5, 5.41) is 13.4. The normalized spacial score (nSPS) is 10.9. The Morgan fingerprint density at radius 3 is 3.05 bits per heavy atom. The number of aryl methyl sites for hydroxylation is 2. The number of nitrogens with zero attached hydrogens (tertiary/aromatic N) is 6. The van der Waals surface area contributed by atoms with Crippen molar-refractivity contribution < 1.29 is 4.79 Å². The van der Waals surface area contributed by atoms with Gasteiger partial charge in [0.15, 0.2) is 0 Å². The second-order valence-corrected chi connectivity index (χ2v) is 4.52. The second kappa shape index (κ2) is 5.65. The van der Waals surface area contributed by atoms with Crippen molar-refractivity contribution in [2.75, 3.05) is 6.54 Å². The lowest BCUT2D eigenvalue weighted by molar-refractivity contribution is 0.0951. The van der Waals surface area contributed by atoms with Crippen LogP contribution in [0.25, 0.3) is 5.78 Å². The zero-order chi connectivity index (χ0) is 14.7. The number of hydrogen-bond acceptors (Lipinski definition) is 6. The van der Waals surface area contributed by atoms with E-state index in [1.54, 1.807) is 4.52 Å². The number of amides is 1. The number of carbonyl (C=O) groups excluding carboxylic acids is 1. The molecule has 1 amide bonds. The topological polar surface area (TPSA) is 114 Å². The fraction of sp³-hybridized carbons (Fsp3) is 0.333. The predicted molar refractivity (Wildman–Crippen MR) is 72.6 cm³/mol. The van der Waals surface area contributed by atoms with Crippen molar-refractivity contribution in [2.45, 2.75) is 19.8 Å². The third-order valence-corrected chi connectivity index (χ3v) is 3.13. The van der Waals surface area contributed by atoms with Gasteiger partial charge in [0.25, 0.3) is 11.7 Å². The van der Waals surface area contributed by atoms with Crippen molar-refractivity contribution in [3.63, 3.8) is 0 Å². The number of nitrogens with one attached hydrogen (secondary N) is 2. The van der Waals surface area contributed by atoms with E-state index < -0.39 is 0 Å². The van der Waals surface area contributed by atoms with Crippen LogP contribution in [0.2, 0.25) is 0 Å². The quantitative estimate of drug-likeness (QED) is 0.634. The SMILES string of the molecule is Cc1c(C(=O)NCCCc2ncn[nH]2)cnc2ncnn12. The lowest BCUT2D eigenvalue weighted by atomic mass is 10.2. The summed E-state index contributed by atoms with van der Waals surface area (Å²) in [7, 11) is 0. The van der Waals surface area contributed by atoms with Gasteiger partial charge in [-0.3, -0.25) is 9.89 Å². The highest BCUT2D eigenvalue weighted by Crippen LogP contribution is 2.07. The average molecular weight is 286 g/mol. The maximum Gasteiger partial charge on any atom is 0.254 e. The van der Waals surface area contributed by atoms with Crippen molar-refractivity contribution in [3.05, 3.63) is 35.9 Å². The monoisotopic (exact) mass is 286 g/mol. The number of rotatable bonds is 5. The number of aromatic amines is 1. The number of carbonyl (C=O) groups is 1. The summed E-state index contributed by atoms with van der Waals surface area (Å²) in [6.07, 6.45) is 5.91. The lowest BCUT2D eigenvalue weighted by Crippen LogP contribution is -2.26. The Morgan fingerprint density at radius 2 is 2.24 bits per heavy atom. The Hall–Kier alpha value is -2.84. The first-order chi connectivity index (χ1) is 10.3. The van der Waals surface area contributed by atoms with Gasteiger partial charge in [0.05, 0.1) is 11.3 Å². The van der Waals surface area contributed by atoms with E-state index in [0.717, 1.165) is 18.7 Å². The van der Waals surface area contributed by atoms with E-state index in [1.807, 2.05) is 6.92 Å². The molecule has 3 heterocycles. The van der Waals surface area contributed by atoms with E-state index in [0.29, 0.717) is 23.6 Å². The molecule has 0 unspecified atom stereocenters. The van der Waals surface area contributed by atoms with E-state index in [-0.39, 0.29) is 5.91 Å². The highest BCUT2D eigenvalue weighted by molar-refractivity contribution is 5.95. The van der Waals surface area contributed by atoms with Crippen molar-refractivity contribution in [1.82, 2.24) is 40.1 Å². The average Bonchev–Trinajstić information content (AvgIpc) is 3.15. The smallest absolute Gasteiger partial charge is 0.254 e. The maximum atomic E-state index is 12.1. The van der Waals surface area contributed by atoms with E-state index in [9.17, 15) is 4.79 Å². The lowest BCUT2D eigenvalue weighted by Gasteiger charge is -2.07. The Morgan fingerprint density at radius 1 is 1.33 bits per heavy atom. The summed E-state index contributed by atoms with van der Waals surface area (Å²) in [6, 6.07) is 0. The fourth-order valence-corrected chi connectivity index (χ4v) is 2.02. The molecular weight excluding hydrogens is 272 g/mol. The largest absolute Gasteiger partial charge is 0.352 e. The first-order valence-electron chi connectivity index (χ1n) is 6.53. The van der Waals surface area contributed by atoms with Crippen LogP contribution in [0.5, 0.6) is 0 Å². The molecule has 0 saturated heterocycles. The van der Waals surface area contributed by atoms with Gasteiger partial charge in [-0.05, 0) is 13.3 Å². The van der Waals surface area contributed by atoms with E-state index in [1.165, 1.54) is 18.9 Å². The molecule has 2 N–H and O–H groups in total. The fourth-order valence-electron chi connectivity index (χ4n) is 2.02. The van der Waals surface area contributed by atoms with Gasteiger partial charge in [0.2, 0.25) is 0 Å². The Labute approximate surface area is 119 Å². The summed E-state index contributed by atoms with van der Waals surface area (Å²) < 4.78 is 1.55. The zero-order valence-electron chi connectivity index (χ0n) is 11.4. The summed E-state index contributed by atoms with van der Waals surface area (Å²) in [6.45, 7) is 2.36. The maximum absolute atomic E-state index is 12.1. The van der Waals surface area contributed by atoms with Crippen LogP contribution in [-0.2, 0) is 6.42 Å². The van der Waals surface area contributed by atoms with Gasteiger partial charge in [-0.1, -0.05) is 0 Å². The minimum absolute atomic E-state index is 0.171. The Balaban J connectivity index is 1.60. The molecule has 108 valence electrons. The van der Waals surface area contributed by atoms with E-state index in [2.05, 4.69) is 35.6 Å². The predicted octanol–water partition coefficient (Wildman–Crippen LogP) is -0.0866. The molecule has 0 aliphatic carbocycles. The van der Waals surface area contributed by atoms with Crippen molar-refractivity contribution in [1.29, 1.82) is 0 Å². The number of aromatic nitrogens is 7. The molecule has 0 aliphatic rings. The first-order valence-corrected chi connectivity index (χ1v) is 6.53. The number of H-pyrrole nitrogens is 1. The molecule has 21 heavy (non-hydrogen) atoms. The molecule has 0 bridgehead atoms. The second-order valence-electron chi connectivity index (χ2n) is 4.52. The summed E-state index contributed by atoms with van der Waals surface area (Å²) in [5.74, 6) is 1.12. The van der Waals surface area contributed by atoms with Crippen molar-refractivity contribution in [2.24, 2.45) is 0 Å². The third kappa shape index (κ3) is 2.71. The van der Waals surface area contributed by atoms with Gasteiger partial charge in [-0.25, -0.2) is 14.5 Å². The van der Waals surface area contributed by atoms with E-state index >= 15 is 0 Å². The van der Waals surface area contributed by atoms with Crippen LogP contribution < -0.4 is 5.32 Å². The van der Waals surface area contributed by atoms with Crippen LogP contribution in [0.15, 0.2) is 18.9 Å². The molecule has 3 aromatic heterocycles. The van der Waals surface area contributed by atoms with Crippen LogP contribution in [0.4, 0.5) is 0 Å². The van der Waals surface area contributed by atoms with Crippen LogP contribution >= 0.6 is 0 Å². The van der Waals surface area contributed by atoms with Gasteiger partial charge >= 0.3 is 0 Å². The van der Waals surface area contributed by atoms with Gasteiger partial charge in [-0.2, -0.15) is 15.2 Å². The van der Waals surface area contributed by atoms with Crippen LogP contribution in [-0.4, -0.2) is 47.2 Å². The summed E-state index contributed by atoms with van der Waals surface area (Å²) in [5.41, 5.74) is 1.21. The van der Waals surface area contributed by atoms with Crippen molar-refractivity contribution in [3.8, 4) is 0 Å². The molecule has 0 fully saturated rings. The van der Waals surface area contributed by atoms with Crippen LogP contribution in [0.3, 0.4) is 0 Å². The highest BCUT2D eigenvalue weighted by Gasteiger charge is 2.13. The molecular formula is C12H14N8O. The third-order valence-electron chi connectivity index (χ3n) is 3.13. The van der Waals surface area contributed by atoms with Gasteiger partial charge < -0.3 is 5.32 Å². The molecule has 3 rings (SSSR count). The molecule has 9 heteroatoms. The minimum Gasteiger partial charge on any atom is -0.352 e. The van der Waals surface area contributed by atoms with Gasteiger partial charge in [-0.15, -0.1) is 0 Å². The van der Waals surface area contributed by atoms with Crippen molar-refractivity contribution >= 4 is 11.7 Å². The zero-order valence-corrected chi connectivity index (χ0v) is 11.4. The van der Waals surface area contributed by atoms with Gasteiger partial charge in [0, 0.05) is 19.2 Å². The number of hydrogen-bond donors (Lipinski definition) is 2. The standard InChI is InChI=1S/C12H14N8O/c1-8-9(5-14-12-16-7-18-20(8)12)11(21)13-4-2-3-10-15-6-17-19-10/h5-7H,2-4H2,1H3,(H,13,21)(H,15,17,19). The van der Waals surface area contributed by atoms with Crippen LogP contribution in [0.1, 0.15) is 28.3 Å². The van der Waals surface area contributed by atoms with Crippen LogP contribution in [0, 0.1) is 6.92 Å². The molecule has 0 aliphatic heterocycles. The highest BCUT2D eigenvalue weighted by atomic mass is 16.1. The molecule has 0 spiro atoms. The Kier molecular flexibility index (Phi) is 3.54. The molecule has 0 saturated carbocycles. The minimum atomic E-state index is -0.171. The Bertz CT molecular complexity index is 748. The summed E-state index contributed by atoms with van der Waals surface area (Å²) >= 11 is 0. The summed E-state index contributed by atoms with van der Waals surface area (Å²) in [4.78, 5) is 24.2. The molecule has 0 aromatic carbocycles. The molecule has 3 aromatic rings. The molecule has 9 nitrogen and oxygen atoms in total. The molecule has 0 radical (unpaired) electrons. The van der Waals surface area contributed by atoms with Gasteiger partial charge in [0.1, 0.15) is 18.5 Å². The first kappa shape index (κ1) is 13.2. The number of fused-ring (bicyclic) bond motifs is 1. The molecule has 0 atom stereocenters.